The normalized spacial score (nSPS) is 11.1. The second kappa shape index (κ2) is 7.06. The molecular formula is C9H15NO. The van der Waals surface area contributed by atoms with Gasteiger partial charge < -0.3 is 5.32 Å². The zero-order valence-corrected chi connectivity index (χ0v) is 7.13. The summed E-state index contributed by atoms with van der Waals surface area (Å²) in [5, 5.41) is 2.73. The van der Waals surface area contributed by atoms with Gasteiger partial charge in [-0.1, -0.05) is 31.2 Å². The van der Waals surface area contributed by atoms with Crippen LogP contribution in [-0.4, -0.2) is 12.5 Å². The minimum absolute atomic E-state index is 0.0927. The molecule has 0 bridgehead atoms. The van der Waals surface area contributed by atoms with Crippen LogP contribution in [0.4, 0.5) is 0 Å². The highest BCUT2D eigenvalue weighted by Gasteiger charge is 1.89. The Hall–Kier alpha value is -1.05. The standard InChI is InChI=1S/C9H15NO/c1-3-5-6-7-8-10-9(11)4-2/h3,5-7H,4,8H2,1-2H3,(H,10,11)/b5-3+,7-6+. The molecule has 0 aromatic rings. The Labute approximate surface area is 68.0 Å². The van der Waals surface area contributed by atoms with Crippen molar-refractivity contribution in [1.82, 2.24) is 5.32 Å². The van der Waals surface area contributed by atoms with Crippen molar-refractivity contribution in [3.05, 3.63) is 24.3 Å². The Morgan fingerprint density at radius 1 is 1.45 bits per heavy atom. The van der Waals surface area contributed by atoms with E-state index < -0.39 is 0 Å². The molecule has 0 unspecified atom stereocenters. The molecular weight excluding hydrogens is 138 g/mol. The highest BCUT2D eigenvalue weighted by Crippen LogP contribution is 1.77. The third-order valence-corrected chi connectivity index (χ3v) is 1.18. The highest BCUT2D eigenvalue weighted by molar-refractivity contribution is 5.75. The number of carbonyl (C=O) groups is 1. The Morgan fingerprint density at radius 3 is 2.73 bits per heavy atom. The van der Waals surface area contributed by atoms with Gasteiger partial charge >= 0.3 is 0 Å². The summed E-state index contributed by atoms with van der Waals surface area (Å²) in [6.07, 6.45) is 8.25. The van der Waals surface area contributed by atoms with Gasteiger partial charge in [0.2, 0.25) is 5.91 Å². The quantitative estimate of drug-likeness (QED) is 0.611. The topological polar surface area (TPSA) is 29.1 Å². The lowest BCUT2D eigenvalue weighted by Crippen LogP contribution is -2.21. The Balaban J connectivity index is 3.33. The van der Waals surface area contributed by atoms with Gasteiger partial charge in [0, 0.05) is 13.0 Å². The molecule has 11 heavy (non-hydrogen) atoms. The van der Waals surface area contributed by atoms with Gasteiger partial charge in [0.1, 0.15) is 0 Å². The predicted molar refractivity (Wildman–Crippen MR) is 47.3 cm³/mol. The molecule has 62 valence electrons. The van der Waals surface area contributed by atoms with Gasteiger partial charge in [-0.2, -0.15) is 0 Å². The lowest BCUT2D eigenvalue weighted by Gasteiger charge is -1.95. The molecule has 0 heterocycles. The molecule has 0 saturated carbocycles. The second-order valence-electron chi connectivity index (χ2n) is 2.11. The third kappa shape index (κ3) is 6.84. The molecule has 0 atom stereocenters. The summed E-state index contributed by atoms with van der Waals surface area (Å²) in [7, 11) is 0. The second-order valence-corrected chi connectivity index (χ2v) is 2.11. The van der Waals surface area contributed by atoms with Crippen molar-refractivity contribution in [2.75, 3.05) is 6.54 Å². The molecule has 0 aliphatic heterocycles. The van der Waals surface area contributed by atoms with E-state index in [-0.39, 0.29) is 5.91 Å². The lowest BCUT2D eigenvalue weighted by molar-refractivity contribution is -0.120. The molecule has 0 aliphatic rings. The van der Waals surface area contributed by atoms with Gasteiger partial charge in [-0.15, -0.1) is 0 Å². The molecule has 0 aromatic carbocycles. The van der Waals surface area contributed by atoms with E-state index in [1.165, 1.54) is 0 Å². The number of nitrogens with one attached hydrogen (secondary N) is 1. The van der Waals surface area contributed by atoms with E-state index in [9.17, 15) is 4.79 Å². The van der Waals surface area contributed by atoms with Crippen molar-refractivity contribution in [1.29, 1.82) is 0 Å². The fourth-order valence-electron chi connectivity index (χ4n) is 0.555. The number of carbonyl (C=O) groups excluding carboxylic acids is 1. The number of rotatable bonds is 4. The summed E-state index contributed by atoms with van der Waals surface area (Å²) < 4.78 is 0. The van der Waals surface area contributed by atoms with Crippen LogP contribution < -0.4 is 5.32 Å². The maximum Gasteiger partial charge on any atom is 0.219 e. The summed E-state index contributed by atoms with van der Waals surface area (Å²) in [4.78, 5) is 10.7. The van der Waals surface area contributed by atoms with Crippen molar-refractivity contribution >= 4 is 5.91 Å². The van der Waals surface area contributed by atoms with Crippen LogP contribution in [0.1, 0.15) is 20.3 Å². The summed E-state index contributed by atoms with van der Waals surface area (Å²) in [6, 6.07) is 0. The maximum atomic E-state index is 10.7. The number of hydrogen-bond acceptors (Lipinski definition) is 1. The smallest absolute Gasteiger partial charge is 0.219 e. The van der Waals surface area contributed by atoms with Crippen LogP contribution in [0.25, 0.3) is 0 Å². The first kappa shape index (κ1) is 9.95. The van der Waals surface area contributed by atoms with Crippen LogP contribution in [0.15, 0.2) is 24.3 Å². The lowest BCUT2D eigenvalue weighted by atomic mass is 10.4. The zero-order chi connectivity index (χ0) is 8.53. The van der Waals surface area contributed by atoms with Crippen molar-refractivity contribution in [3.8, 4) is 0 Å². The number of allylic oxidation sites excluding steroid dienone is 3. The Bertz CT molecular complexity index is 159. The largest absolute Gasteiger partial charge is 0.353 e. The first-order chi connectivity index (χ1) is 5.31. The predicted octanol–water partition coefficient (Wildman–Crippen LogP) is 1.64. The van der Waals surface area contributed by atoms with Crippen molar-refractivity contribution in [2.45, 2.75) is 20.3 Å². The summed E-state index contributed by atoms with van der Waals surface area (Å²) in [5.41, 5.74) is 0. The van der Waals surface area contributed by atoms with Gasteiger partial charge in [-0.3, -0.25) is 4.79 Å². The molecule has 0 radical (unpaired) electrons. The minimum atomic E-state index is 0.0927. The van der Waals surface area contributed by atoms with E-state index in [1.54, 1.807) is 0 Å². The van der Waals surface area contributed by atoms with E-state index in [0.717, 1.165) is 0 Å². The van der Waals surface area contributed by atoms with Gasteiger partial charge in [0.15, 0.2) is 0 Å². The first-order valence-corrected chi connectivity index (χ1v) is 3.85. The summed E-state index contributed by atoms with van der Waals surface area (Å²) >= 11 is 0. The minimum Gasteiger partial charge on any atom is -0.353 e. The number of amides is 1. The van der Waals surface area contributed by atoms with Crippen LogP contribution in [0.2, 0.25) is 0 Å². The number of hydrogen-bond donors (Lipinski definition) is 1. The monoisotopic (exact) mass is 153 g/mol. The molecule has 1 amide bonds. The average molecular weight is 153 g/mol. The van der Waals surface area contributed by atoms with Crippen LogP contribution in [0.5, 0.6) is 0 Å². The summed E-state index contributed by atoms with van der Waals surface area (Å²) in [5.74, 6) is 0.0927. The van der Waals surface area contributed by atoms with Gasteiger partial charge in [0.25, 0.3) is 0 Å². The fraction of sp³-hybridized carbons (Fsp3) is 0.444. The molecule has 0 saturated heterocycles. The molecule has 1 N–H and O–H groups in total. The first-order valence-electron chi connectivity index (χ1n) is 3.85. The van der Waals surface area contributed by atoms with Crippen LogP contribution >= 0.6 is 0 Å². The Morgan fingerprint density at radius 2 is 2.18 bits per heavy atom. The Kier molecular flexibility index (Phi) is 6.39. The molecule has 2 heteroatoms. The van der Waals surface area contributed by atoms with Crippen LogP contribution in [0.3, 0.4) is 0 Å². The van der Waals surface area contributed by atoms with E-state index in [4.69, 9.17) is 0 Å². The van der Waals surface area contributed by atoms with Crippen LogP contribution in [0, 0.1) is 0 Å². The highest BCUT2D eigenvalue weighted by atomic mass is 16.1. The van der Waals surface area contributed by atoms with Crippen molar-refractivity contribution in [2.24, 2.45) is 0 Å². The summed E-state index contributed by atoms with van der Waals surface area (Å²) in [6.45, 7) is 4.41. The van der Waals surface area contributed by atoms with Gasteiger partial charge in [0.05, 0.1) is 0 Å². The van der Waals surface area contributed by atoms with E-state index >= 15 is 0 Å². The maximum absolute atomic E-state index is 10.7. The third-order valence-electron chi connectivity index (χ3n) is 1.18. The van der Waals surface area contributed by atoms with Crippen molar-refractivity contribution < 1.29 is 4.79 Å². The van der Waals surface area contributed by atoms with Crippen molar-refractivity contribution in [3.63, 3.8) is 0 Å². The molecule has 0 aromatic heterocycles. The molecule has 2 nitrogen and oxygen atoms in total. The average Bonchev–Trinajstić information content (AvgIpc) is 2.04. The van der Waals surface area contributed by atoms with Gasteiger partial charge in [-0.25, -0.2) is 0 Å². The SMILES string of the molecule is C/C=C/C=C/CNC(=O)CC. The molecule has 0 spiro atoms. The van der Waals surface area contributed by atoms with E-state index in [1.807, 2.05) is 38.2 Å². The van der Waals surface area contributed by atoms with Gasteiger partial charge in [-0.05, 0) is 6.92 Å². The van der Waals surface area contributed by atoms with Crippen LogP contribution in [-0.2, 0) is 4.79 Å². The fourth-order valence-corrected chi connectivity index (χ4v) is 0.555. The van der Waals surface area contributed by atoms with E-state index in [0.29, 0.717) is 13.0 Å². The molecule has 0 fully saturated rings. The van der Waals surface area contributed by atoms with E-state index in [2.05, 4.69) is 5.32 Å². The zero-order valence-electron chi connectivity index (χ0n) is 7.13. The molecule has 0 aliphatic carbocycles. The molecule has 0 rings (SSSR count).